The number of ether oxygens (including phenoxy) is 1. The van der Waals surface area contributed by atoms with Gasteiger partial charge >= 0.3 is 0 Å². The summed E-state index contributed by atoms with van der Waals surface area (Å²) in [6.07, 6.45) is 0. The van der Waals surface area contributed by atoms with Gasteiger partial charge in [-0.3, -0.25) is 4.79 Å². The quantitative estimate of drug-likeness (QED) is 0.662. The minimum absolute atomic E-state index is 0.440. The molecule has 0 fully saturated rings. The Balaban J connectivity index is 2.35. The van der Waals surface area contributed by atoms with Gasteiger partial charge in [0.1, 0.15) is 5.75 Å². The van der Waals surface area contributed by atoms with Crippen LogP contribution in [0.4, 0.5) is 0 Å². The van der Waals surface area contributed by atoms with Gasteiger partial charge in [-0.05, 0) is 24.3 Å². The molecule has 0 saturated heterocycles. The van der Waals surface area contributed by atoms with Crippen molar-refractivity contribution in [2.45, 2.75) is 0 Å². The Bertz CT molecular complexity index is 670. The molecule has 3 heteroatoms. The van der Waals surface area contributed by atoms with E-state index in [4.69, 9.17) is 4.74 Å². The number of aromatic nitrogens is 1. The molecule has 3 nitrogen and oxygen atoms in total. The van der Waals surface area contributed by atoms with Gasteiger partial charge in [0.25, 0.3) is 6.47 Å². The third kappa shape index (κ3) is 1.26. The first-order valence-electron chi connectivity index (χ1n) is 4.99. The number of carbonyl (C=O) groups is 1. The largest absolute Gasteiger partial charge is 0.429 e. The van der Waals surface area contributed by atoms with E-state index < -0.39 is 0 Å². The lowest BCUT2D eigenvalue weighted by atomic mass is 10.1. The van der Waals surface area contributed by atoms with Gasteiger partial charge in [-0.1, -0.05) is 18.2 Å². The average Bonchev–Trinajstić information content (AvgIpc) is 2.68. The van der Waals surface area contributed by atoms with Crippen LogP contribution in [-0.4, -0.2) is 11.5 Å². The van der Waals surface area contributed by atoms with Gasteiger partial charge in [0.2, 0.25) is 0 Å². The lowest BCUT2D eigenvalue weighted by Crippen LogP contribution is -1.87. The molecular formula is C13H9NO2. The molecule has 1 heterocycles. The molecule has 0 spiro atoms. The van der Waals surface area contributed by atoms with Crippen LogP contribution in [0.5, 0.6) is 5.75 Å². The second-order valence-electron chi connectivity index (χ2n) is 3.59. The Labute approximate surface area is 91.6 Å². The normalized spacial score (nSPS) is 10.8. The molecule has 3 aromatic rings. The molecule has 0 saturated carbocycles. The molecule has 0 radical (unpaired) electrons. The SMILES string of the molecule is O=COc1ccc2[nH]c3ccccc3c2c1. The number of fused-ring (bicyclic) bond motifs is 3. The Hall–Kier alpha value is -2.29. The van der Waals surface area contributed by atoms with Crippen LogP contribution in [0.25, 0.3) is 21.8 Å². The van der Waals surface area contributed by atoms with Crippen LogP contribution in [0.3, 0.4) is 0 Å². The summed E-state index contributed by atoms with van der Waals surface area (Å²) in [5, 5.41) is 2.20. The molecule has 0 aliphatic rings. The Kier molecular flexibility index (Phi) is 1.90. The van der Waals surface area contributed by atoms with Crippen molar-refractivity contribution in [3.05, 3.63) is 42.5 Å². The van der Waals surface area contributed by atoms with Crippen molar-refractivity contribution < 1.29 is 9.53 Å². The number of aromatic amines is 1. The predicted molar refractivity (Wildman–Crippen MR) is 62.5 cm³/mol. The highest BCUT2D eigenvalue weighted by Crippen LogP contribution is 2.28. The van der Waals surface area contributed by atoms with Crippen LogP contribution >= 0.6 is 0 Å². The first kappa shape index (κ1) is 8.97. The highest BCUT2D eigenvalue weighted by atomic mass is 16.5. The number of nitrogens with one attached hydrogen (secondary N) is 1. The molecule has 0 aliphatic carbocycles. The zero-order chi connectivity index (χ0) is 11.0. The van der Waals surface area contributed by atoms with E-state index in [0.717, 1.165) is 21.8 Å². The summed E-state index contributed by atoms with van der Waals surface area (Å²) in [7, 11) is 0. The van der Waals surface area contributed by atoms with E-state index in [9.17, 15) is 4.79 Å². The minimum Gasteiger partial charge on any atom is -0.429 e. The molecule has 78 valence electrons. The summed E-state index contributed by atoms with van der Waals surface area (Å²) >= 11 is 0. The summed E-state index contributed by atoms with van der Waals surface area (Å²) < 4.78 is 4.84. The minimum atomic E-state index is 0.440. The van der Waals surface area contributed by atoms with Crippen molar-refractivity contribution >= 4 is 28.3 Å². The van der Waals surface area contributed by atoms with E-state index >= 15 is 0 Å². The van der Waals surface area contributed by atoms with Gasteiger partial charge in [0.15, 0.2) is 0 Å². The van der Waals surface area contributed by atoms with E-state index in [1.54, 1.807) is 6.07 Å². The van der Waals surface area contributed by atoms with Crippen molar-refractivity contribution in [3.8, 4) is 5.75 Å². The highest BCUT2D eigenvalue weighted by Gasteiger charge is 2.04. The number of benzene rings is 2. The molecule has 0 unspecified atom stereocenters. The van der Waals surface area contributed by atoms with Crippen LogP contribution in [0.2, 0.25) is 0 Å². The fourth-order valence-electron chi connectivity index (χ4n) is 1.96. The van der Waals surface area contributed by atoms with Gasteiger partial charge in [-0.25, -0.2) is 0 Å². The molecule has 0 amide bonds. The first-order chi connectivity index (χ1) is 7.88. The zero-order valence-electron chi connectivity index (χ0n) is 8.44. The van der Waals surface area contributed by atoms with Crippen LogP contribution in [0.1, 0.15) is 0 Å². The van der Waals surface area contributed by atoms with Crippen LogP contribution in [0.15, 0.2) is 42.5 Å². The molecule has 0 aliphatic heterocycles. The first-order valence-corrected chi connectivity index (χ1v) is 4.99. The van der Waals surface area contributed by atoms with Crippen molar-refractivity contribution in [3.63, 3.8) is 0 Å². The highest BCUT2D eigenvalue weighted by molar-refractivity contribution is 6.07. The second kappa shape index (κ2) is 3.38. The fourth-order valence-corrected chi connectivity index (χ4v) is 1.96. The maximum Gasteiger partial charge on any atom is 0.298 e. The third-order valence-corrected chi connectivity index (χ3v) is 2.66. The molecule has 16 heavy (non-hydrogen) atoms. The van der Waals surface area contributed by atoms with Crippen LogP contribution in [-0.2, 0) is 4.79 Å². The Morgan fingerprint density at radius 3 is 2.69 bits per heavy atom. The van der Waals surface area contributed by atoms with Crippen molar-refractivity contribution in [1.82, 2.24) is 4.98 Å². The summed E-state index contributed by atoms with van der Waals surface area (Å²) in [5.74, 6) is 0.562. The van der Waals surface area contributed by atoms with Gasteiger partial charge in [0, 0.05) is 21.8 Å². The topological polar surface area (TPSA) is 42.1 Å². The molecular weight excluding hydrogens is 202 g/mol. The summed E-state index contributed by atoms with van der Waals surface area (Å²) in [5.41, 5.74) is 2.13. The van der Waals surface area contributed by atoms with Crippen LogP contribution < -0.4 is 4.74 Å². The summed E-state index contributed by atoms with van der Waals surface area (Å²) in [6.45, 7) is 0.440. The number of rotatable bonds is 2. The van der Waals surface area contributed by atoms with E-state index in [-0.39, 0.29) is 0 Å². The number of para-hydroxylation sites is 1. The molecule has 3 rings (SSSR count). The van der Waals surface area contributed by atoms with Crippen molar-refractivity contribution in [2.75, 3.05) is 0 Å². The van der Waals surface area contributed by atoms with Crippen molar-refractivity contribution in [1.29, 1.82) is 0 Å². The Morgan fingerprint density at radius 2 is 1.81 bits per heavy atom. The van der Waals surface area contributed by atoms with Crippen LogP contribution in [0, 0.1) is 0 Å². The predicted octanol–water partition coefficient (Wildman–Crippen LogP) is 2.86. The zero-order valence-corrected chi connectivity index (χ0v) is 8.44. The standard InChI is InChI=1S/C13H9NO2/c15-8-16-9-5-6-13-11(7-9)10-3-1-2-4-12(10)14-13/h1-8,14H. The molecule has 0 bridgehead atoms. The lowest BCUT2D eigenvalue weighted by Gasteiger charge is -1.97. The van der Waals surface area contributed by atoms with Gasteiger partial charge in [-0.15, -0.1) is 0 Å². The summed E-state index contributed by atoms with van der Waals surface area (Å²) in [4.78, 5) is 13.6. The maximum atomic E-state index is 10.3. The van der Waals surface area contributed by atoms with Gasteiger partial charge in [-0.2, -0.15) is 0 Å². The van der Waals surface area contributed by atoms with Gasteiger partial charge < -0.3 is 9.72 Å². The molecule has 1 aromatic heterocycles. The van der Waals surface area contributed by atoms with Crippen molar-refractivity contribution in [2.24, 2.45) is 0 Å². The smallest absolute Gasteiger partial charge is 0.298 e. The molecule has 2 aromatic carbocycles. The average molecular weight is 211 g/mol. The Morgan fingerprint density at radius 1 is 1.00 bits per heavy atom. The lowest BCUT2D eigenvalue weighted by molar-refractivity contribution is -0.120. The number of hydrogen-bond donors (Lipinski definition) is 1. The third-order valence-electron chi connectivity index (χ3n) is 2.66. The van der Waals surface area contributed by atoms with Gasteiger partial charge in [0.05, 0.1) is 0 Å². The van der Waals surface area contributed by atoms with E-state index in [2.05, 4.69) is 4.98 Å². The second-order valence-corrected chi connectivity index (χ2v) is 3.59. The van der Waals surface area contributed by atoms with E-state index in [1.165, 1.54) is 0 Å². The molecule has 0 atom stereocenters. The number of hydrogen-bond acceptors (Lipinski definition) is 2. The molecule has 1 N–H and O–H groups in total. The van der Waals surface area contributed by atoms with E-state index in [1.807, 2.05) is 36.4 Å². The summed E-state index contributed by atoms with van der Waals surface area (Å²) in [6, 6.07) is 13.6. The fraction of sp³-hybridized carbons (Fsp3) is 0. The maximum absolute atomic E-state index is 10.3. The monoisotopic (exact) mass is 211 g/mol. The number of carbonyl (C=O) groups excluding carboxylic acids is 1. The number of H-pyrrole nitrogens is 1. The van der Waals surface area contributed by atoms with E-state index in [0.29, 0.717) is 12.2 Å².